The fourth-order valence-electron chi connectivity index (χ4n) is 1.63. The number of benzene rings is 2. The van der Waals surface area contributed by atoms with Crippen LogP contribution in [-0.4, -0.2) is 0 Å². The molecule has 0 fully saturated rings. The molecule has 8 N–H and O–H groups in total. The van der Waals surface area contributed by atoms with E-state index in [9.17, 15) is 26.3 Å². The van der Waals surface area contributed by atoms with Crippen LogP contribution in [0.3, 0.4) is 0 Å². The highest BCUT2D eigenvalue weighted by Gasteiger charge is 2.29. The van der Waals surface area contributed by atoms with E-state index >= 15 is 0 Å². The molecule has 2 aromatic carbocycles. The Hall–Kier alpha value is -2.98. The van der Waals surface area contributed by atoms with Gasteiger partial charge in [-0.25, -0.2) is 17.6 Å². The number of anilines is 4. The number of hydrogen-bond acceptors (Lipinski definition) is 5. The van der Waals surface area contributed by atoms with Gasteiger partial charge in [-0.2, -0.15) is 8.78 Å². The molecular weight excluding hydrogens is 330 g/mol. The summed E-state index contributed by atoms with van der Waals surface area (Å²) in [4.78, 5) is 0. The zero-order chi connectivity index (χ0) is 17.6. The molecule has 0 radical (unpaired) electrons. The fraction of sp³-hybridized carbons (Fsp3) is 0. The van der Waals surface area contributed by atoms with Crippen molar-refractivity contribution in [2.45, 2.75) is 0 Å². The minimum absolute atomic E-state index is 1.07. The van der Waals surface area contributed by atoms with Gasteiger partial charge in [-0.05, 0) is 0 Å². The summed E-state index contributed by atoms with van der Waals surface area (Å²) in [6.45, 7) is 0. The predicted molar refractivity (Wildman–Crippen MR) is 70.4 cm³/mol. The predicted octanol–water partition coefficient (Wildman–Crippen LogP) is 2.64. The summed E-state index contributed by atoms with van der Waals surface area (Å²) in [6.07, 6.45) is 0. The van der Waals surface area contributed by atoms with Gasteiger partial charge in [0.1, 0.15) is 0 Å². The molecule has 124 valence electrons. The number of ether oxygens (including phenoxy) is 1. The van der Waals surface area contributed by atoms with Crippen molar-refractivity contribution in [3.05, 3.63) is 34.9 Å². The Labute approximate surface area is 124 Å². The highest BCUT2D eigenvalue weighted by molar-refractivity contribution is 5.70. The van der Waals surface area contributed by atoms with Crippen molar-refractivity contribution < 1.29 is 31.1 Å². The highest BCUT2D eigenvalue weighted by Crippen LogP contribution is 2.41. The molecule has 0 saturated carbocycles. The first-order chi connectivity index (χ1) is 10.6. The number of nitrogen functional groups attached to an aromatic ring is 4. The maximum absolute atomic E-state index is 13.8. The van der Waals surface area contributed by atoms with Crippen LogP contribution in [0.1, 0.15) is 0 Å². The topological polar surface area (TPSA) is 113 Å². The second kappa shape index (κ2) is 5.34. The van der Waals surface area contributed by atoms with E-state index in [0.29, 0.717) is 0 Å². The van der Waals surface area contributed by atoms with E-state index in [1.54, 1.807) is 0 Å². The van der Waals surface area contributed by atoms with Crippen molar-refractivity contribution in [2.75, 3.05) is 22.9 Å². The van der Waals surface area contributed by atoms with Crippen LogP contribution >= 0.6 is 0 Å². The highest BCUT2D eigenvalue weighted by atomic mass is 19.2. The maximum Gasteiger partial charge on any atom is 0.206 e. The lowest BCUT2D eigenvalue weighted by Crippen LogP contribution is -2.10. The van der Waals surface area contributed by atoms with Crippen LogP contribution in [0, 0.1) is 34.9 Å². The van der Waals surface area contributed by atoms with Gasteiger partial charge < -0.3 is 27.7 Å². The second-order valence-electron chi connectivity index (χ2n) is 4.30. The standard InChI is InChI=1S/C12H8F6N4O/c13-1-3(15)11(5(17)9(21)7(1)19)23-12-4(16)2(14)8(20)10(22)6(12)18/h19-22H2. The summed E-state index contributed by atoms with van der Waals surface area (Å²) in [5, 5.41) is 0. The lowest BCUT2D eigenvalue weighted by molar-refractivity contribution is 0.348. The molecule has 2 aromatic rings. The Morgan fingerprint density at radius 2 is 0.696 bits per heavy atom. The third kappa shape index (κ3) is 2.29. The third-order valence-corrected chi connectivity index (χ3v) is 2.91. The van der Waals surface area contributed by atoms with Crippen molar-refractivity contribution in [1.29, 1.82) is 0 Å². The van der Waals surface area contributed by atoms with Gasteiger partial charge in [-0.15, -0.1) is 0 Å². The lowest BCUT2D eigenvalue weighted by atomic mass is 10.2. The molecule has 0 aliphatic carbocycles. The van der Waals surface area contributed by atoms with Gasteiger partial charge >= 0.3 is 0 Å². The molecule has 0 unspecified atom stereocenters. The number of halogens is 6. The molecule has 0 atom stereocenters. The van der Waals surface area contributed by atoms with E-state index in [0.717, 1.165) is 0 Å². The van der Waals surface area contributed by atoms with Crippen molar-refractivity contribution in [1.82, 2.24) is 0 Å². The molecule has 0 heterocycles. The smallest absolute Gasteiger partial charge is 0.206 e. The van der Waals surface area contributed by atoms with Crippen molar-refractivity contribution in [3.63, 3.8) is 0 Å². The molecule has 11 heteroatoms. The fourth-order valence-corrected chi connectivity index (χ4v) is 1.63. The van der Waals surface area contributed by atoms with Crippen LogP contribution in [0.4, 0.5) is 49.1 Å². The molecule has 0 aromatic heterocycles. The second-order valence-corrected chi connectivity index (χ2v) is 4.30. The van der Waals surface area contributed by atoms with Gasteiger partial charge in [0.05, 0.1) is 22.7 Å². The Balaban J connectivity index is 2.71. The molecule has 2 rings (SSSR count). The summed E-state index contributed by atoms with van der Waals surface area (Å²) in [5.41, 5.74) is 15.9. The minimum Gasteiger partial charge on any atom is -0.445 e. The first-order valence-corrected chi connectivity index (χ1v) is 5.70. The summed E-state index contributed by atoms with van der Waals surface area (Å²) in [7, 11) is 0. The van der Waals surface area contributed by atoms with E-state index in [1.807, 2.05) is 0 Å². The third-order valence-electron chi connectivity index (χ3n) is 2.91. The van der Waals surface area contributed by atoms with E-state index in [1.165, 1.54) is 0 Å². The van der Waals surface area contributed by atoms with Gasteiger partial charge in [0.25, 0.3) is 0 Å². The molecular formula is C12H8F6N4O. The quantitative estimate of drug-likeness (QED) is 0.382. The van der Waals surface area contributed by atoms with Crippen molar-refractivity contribution >= 4 is 22.7 Å². The van der Waals surface area contributed by atoms with Crippen molar-refractivity contribution in [2.24, 2.45) is 0 Å². The minimum atomic E-state index is -2.02. The zero-order valence-corrected chi connectivity index (χ0v) is 11.0. The average Bonchev–Trinajstić information content (AvgIpc) is 2.54. The van der Waals surface area contributed by atoms with Crippen molar-refractivity contribution in [3.8, 4) is 11.5 Å². The molecule has 0 aliphatic rings. The monoisotopic (exact) mass is 338 g/mol. The van der Waals surface area contributed by atoms with E-state index in [4.69, 9.17) is 22.9 Å². The Morgan fingerprint density at radius 3 is 1.00 bits per heavy atom. The van der Waals surface area contributed by atoms with E-state index in [-0.39, 0.29) is 0 Å². The summed E-state index contributed by atoms with van der Waals surface area (Å²) in [6, 6.07) is 0. The van der Waals surface area contributed by atoms with Crippen LogP contribution in [0.15, 0.2) is 0 Å². The molecule has 23 heavy (non-hydrogen) atoms. The van der Waals surface area contributed by atoms with Gasteiger partial charge in [-0.3, -0.25) is 0 Å². The maximum atomic E-state index is 13.8. The molecule has 0 amide bonds. The molecule has 0 spiro atoms. The summed E-state index contributed by atoms with van der Waals surface area (Å²) >= 11 is 0. The summed E-state index contributed by atoms with van der Waals surface area (Å²) in [5.74, 6) is -14.4. The normalized spacial score (nSPS) is 10.9. The van der Waals surface area contributed by atoms with Gasteiger partial charge in [0.15, 0.2) is 23.3 Å². The Kier molecular flexibility index (Phi) is 3.80. The van der Waals surface area contributed by atoms with Crippen LogP contribution < -0.4 is 27.7 Å². The largest absolute Gasteiger partial charge is 0.445 e. The summed E-state index contributed by atoms with van der Waals surface area (Å²) < 4.78 is 86.1. The van der Waals surface area contributed by atoms with Crippen LogP contribution in [0.2, 0.25) is 0 Å². The van der Waals surface area contributed by atoms with Gasteiger partial charge in [0, 0.05) is 0 Å². The Morgan fingerprint density at radius 1 is 0.435 bits per heavy atom. The van der Waals surface area contributed by atoms with Crippen LogP contribution in [0.25, 0.3) is 0 Å². The Bertz CT molecular complexity index is 701. The number of nitrogens with two attached hydrogens (primary N) is 4. The van der Waals surface area contributed by atoms with Gasteiger partial charge in [0.2, 0.25) is 23.1 Å². The lowest BCUT2D eigenvalue weighted by Gasteiger charge is -2.15. The number of rotatable bonds is 2. The SMILES string of the molecule is Nc1c(N)c(F)c(Oc2c(F)c(N)c(N)c(F)c2F)c(F)c1F. The van der Waals surface area contributed by atoms with Gasteiger partial charge in [-0.1, -0.05) is 0 Å². The van der Waals surface area contributed by atoms with E-state index < -0.39 is 69.2 Å². The van der Waals surface area contributed by atoms with Crippen LogP contribution in [-0.2, 0) is 0 Å². The molecule has 0 aliphatic heterocycles. The van der Waals surface area contributed by atoms with E-state index in [2.05, 4.69) is 4.74 Å². The molecule has 0 saturated heterocycles. The molecule has 5 nitrogen and oxygen atoms in total. The number of hydrogen-bond donors (Lipinski definition) is 4. The average molecular weight is 338 g/mol. The molecule has 0 bridgehead atoms. The zero-order valence-electron chi connectivity index (χ0n) is 11.0. The van der Waals surface area contributed by atoms with Crippen LogP contribution in [0.5, 0.6) is 11.5 Å². The first-order valence-electron chi connectivity index (χ1n) is 5.70. The first kappa shape index (κ1) is 16.4.